The molecule has 1 aliphatic carbocycles. The van der Waals surface area contributed by atoms with Crippen molar-refractivity contribution >= 4 is 27.5 Å². The van der Waals surface area contributed by atoms with Gasteiger partial charge in [-0.25, -0.2) is 4.39 Å². The summed E-state index contributed by atoms with van der Waals surface area (Å²) < 4.78 is 14.4. The zero-order chi connectivity index (χ0) is 12.3. The molecule has 2 rings (SSSR count). The summed E-state index contributed by atoms with van der Waals surface area (Å²) >= 11 is 9.13. The van der Waals surface area contributed by atoms with Gasteiger partial charge in [0.2, 0.25) is 0 Å². The fraction of sp³-hybridized carbons (Fsp3) is 0.538. The van der Waals surface area contributed by atoms with Gasteiger partial charge in [-0.1, -0.05) is 15.9 Å². The van der Waals surface area contributed by atoms with Gasteiger partial charge in [0.1, 0.15) is 5.82 Å². The van der Waals surface area contributed by atoms with Crippen LogP contribution in [0.15, 0.2) is 22.7 Å². The van der Waals surface area contributed by atoms with E-state index in [0.717, 1.165) is 17.4 Å². The first-order valence-electron chi connectivity index (χ1n) is 5.86. The van der Waals surface area contributed by atoms with Gasteiger partial charge in [0, 0.05) is 29.0 Å². The van der Waals surface area contributed by atoms with Crippen LogP contribution >= 0.6 is 27.5 Å². The van der Waals surface area contributed by atoms with Crippen LogP contribution in [-0.2, 0) is 6.54 Å². The standard InChI is InChI=1S/C13H16BrClFN/c14-11-1-2-12(16)10(7-11)8-17-9-13(3-4-13)5-6-15/h1-2,7,17H,3-6,8-9H2. The van der Waals surface area contributed by atoms with Gasteiger partial charge in [-0.3, -0.25) is 0 Å². The van der Waals surface area contributed by atoms with Crippen molar-refractivity contribution in [1.82, 2.24) is 5.32 Å². The molecule has 1 fully saturated rings. The average molecular weight is 321 g/mol. The molecule has 0 heterocycles. The fourth-order valence-electron chi connectivity index (χ4n) is 2.03. The lowest BCUT2D eigenvalue weighted by atomic mass is 10.0. The van der Waals surface area contributed by atoms with E-state index in [9.17, 15) is 4.39 Å². The number of hydrogen-bond donors (Lipinski definition) is 1. The normalized spacial score (nSPS) is 17.1. The maximum absolute atomic E-state index is 13.5. The van der Waals surface area contributed by atoms with E-state index in [0.29, 0.717) is 23.4 Å². The first-order chi connectivity index (χ1) is 8.15. The maximum atomic E-state index is 13.5. The van der Waals surface area contributed by atoms with Crippen molar-refractivity contribution in [2.24, 2.45) is 5.41 Å². The first-order valence-corrected chi connectivity index (χ1v) is 7.19. The summed E-state index contributed by atoms with van der Waals surface area (Å²) in [4.78, 5) is 0. The summed E-state index contributed by atoms with van der Waals surface area (Å²) in [6.45, 7) is 1.51. The highest BCUT2D eigenvalue weighted by molar-refractivity contribution is 9.10. The predicted octanol–water partition coefficient (Wildman–Crippen LogP) is 4.09. The van der Waals surface area contributed by atoms with E-state index in [1.807, 2.05) is 6.07 Å². The highest BCUT2D eigenvalue weighted by Crippen LogP contribution is 2.48. The lowest BCUT2D eigenvalue weighted by Crippen LogP contribution is -2.24. The Morgan fingerprint density at radius 2 is 2.18 bits per heavy atom. The maximum Gasteiger partial charge on any atom is 0.127 e. The molecule has 1 aliphatic rings. The largest absolute Gasteiger partial charge is 0.312 e. The SMILES string of the molecule is Fc1ccc(Br)cc1CNCC1(CCCl)CC1. The Hall–Kier alpha value is -0.120. The zero-order valence-corrected chi connectivity index (χ0v) is 12.0. The van der Waals surface area contributed by atoms with Gasteiger partial charge >= 0.3 is 0 Å². The quantitative estimate of drug-likeness (QED) is 0.779. The molecule has 0 aromatic heterocycles. The Morgan fingerprint density at radius 3 is 2.82 bits per heavy atom. The Kier molecular flexibility index (Phi) is 4.45. The van der Waals surface area contributed by atoms with Crippen LogP contribution in [-0.4, -0.2) is 12.4 Å². The summed E-state index contributed by atoms with van der Waals surface area (Å²) in [5, 5.41) is 3.34. The third-order valence-electron chi connectivity index (χ3n) is 3.41. The van der Waals surface area contributed by atoms with Gasteiger partial charge in [0.25, 0.3) is 0 Å². The number of halogens is 3. The summed E-state index contributed by atoms with van der Waals surface area (Å²) in [6.07, 6.45) is 3.55. The number of rotatable bonds is 6. The van der Waals surface area contributed by atoms with Crippen molar-refractivity contribution in [3.05, 3.63) is 34.1 Å². The van der Waals surface area contributed by atoms with Gasteiger partial charge in [-0.2, -0.15) is 0 Å². The molecule has 1 saturated carbocycles. The molecule has 4 heteroatoms. The zero-order valence-electron chi connectivity index (χ0n) is 9.61. The highest BCUT2D eigenvalue weighted by Gasteiger charge is 2.41. The molecule has 94 valence electrons. The molecule has 1 N–H and O–H groups in total. The molecule has 0 bridgehead atoms. The predicted molar refractivity (Wildman–Crippen MR) is 72.8 cm³/mol. The van der Waals surface area contributed by atoms with Crippen LogP contribution in [0.3, 0.4) is 0 Å². The molecular formula is C13H16BrClFN. The monoisotopic (exact) mass is 319 g/mol. The Balaban J connectivity index is 1.84. The average Bonchev–Trinajstić information content (AvgIpc) is 3.04. The minimum Gasteiger partial charge on any atom is -0.312 e. The van der Waals surface area contributed by atoms with Crippen molar-refractivity contribution in [3.8, 4) is 0 Å². The molecule has 1 aromatic carbocycles. The topological polar surface area (TPSA) is 12.0 Å². The number of hydrogen-bond acceptors (Lipinski definition) is 1. The highest BCUT2D eigenvalue weighted by atomic mass is 79.9. The van der Waals surface area contributed by atoms with Crippen LogP contribution in [0.1, 0.15) is 24.8 Å². The third kappa shape index (κ3) is 3.67. The molecule has 0 saturated heterocycles. The molecule has 0 spiro atoms. The molecule has 17 heavy (non-hydrogen) atoms. The second-order valence-corrected chi connectivity index (χ2v) is 6.07. The van der Waals surface area contributed by atoms with Crippen molar-refractivity contribution < 1.29 is 4.39 Å². The Bertz CT molecular complexity index is 393. The van der Waals surface area contributed by atoms with E-state index in [2.05, 4.69) is 21.2 Å². The van der Waals surface area contributed by atoms with E-state index in [1.165, 1.54) is 18.9 Å². The second-order valence-electron chi connectivity index (χ2n) is 4.78. The second kappa shape index (κ2) is 5.68. The van der Waals surface area contributed by atoms with Gasteiger partial charge in [-0.05, 0) is 42.9 Å². The lowest BCUT2D eigenvalue weighted by molar-refractivity contribution is 0.442. The van der Waals surface area contributed by atoms with Crippen molar-refractivity contribution in [2.45, 2.75) is 25.8 Å². The smallest absolute Gasteiger partial charge is 0.127 e. The molecular weight excluding hydrogens is 305 g/mol. The summed E-state index contributed by atoms with van der Waals surface area (Å²) in [6, 6.07) is 5.03. The molecule has 1 aromatic rings. The number of nitrogens with one attached hydrogen (secondary N) is 1. The summed E-state index contributed by atoms with van der Waals surface area (Å²) in [5.74, 6) is 0.565. The fourth-order valence-corrected chi connectivity index (χ4v) is 2.84. The van der Waals surface area contributed by atoms with Crippen LogP contribution in [0, 0.1) is 11.2 Å². The van der Waals surface area contributed by atoms with Gasteiger partial charge < -0.3 is 5.32 Å². The van der Waals surface area contributed by atoms with Crippen LogP contribution in [0.5, 0.6) is 0 Å². The van der Waals surface area contributed by atoms with Crippen molar-refractivity contribution in [3.63, 3.8) is 0 Å². The molecule has 0 atom stereocenters. The minimum absolute atomic E-state index is 0.150. The van der Waals surface area contributed by atoms with Gasteiger partial charge in [0.15, 0.2) is 0 Å². The summed E-state index contributed by atoms with van der Waals surface area (Å²) in [5.41, 5.74) is 1.10. The lowest BCUT2D eigenvalue weighted by Gasteiger charge is -2.14. The van der Waals surface area contributed by atoms with E-state index >= 15 is 0 Å². The summed E-state index contributed by atoms with van der Waals surface area (Å²) in [7, 11) is 0. The molecule has 0 aliphatic heterocycles. The molecule has 0 radical (unpaired) electrons. The van der Waals surface area contributed by atoms with Crippen LogP contribution in [0.25, 0.3) is 0 Å². The number of alkyl halides is 1. The van der Waals surface area contributed by atoms with Crippen molar-refractivity contribution in [1.29, 1.82) is 0 Å². The minimum atomic E-state index is -0.150. The van der Waals surface area contributed by atoms with Crippen LogP contribution in [0.4, 0.5) is 4.39 Å². The van der Waals surface area contributed by atoms with Crippen molar-refractivity contribution in [2.75, 3.05) is 12.4 Å². The van der Waals surface area contributed by atoms with Gasteiger partial charge in [-0.15, -0.1) is 11.6 Å². The molecule has 0 amide bonds. The molecule has 1 nitrogen and oxygen atoms in total. The van der Waals surface area contributed by atoms with Crippen LogP contribution < -0.4 is 5.32 Å². The Labute approximate surface area is 115 Å². The first kappa shape index (κ1) is 13.3. The number of benzene rings is 1. The van der Waals surface area contributed by atoms with E-state index < -0.39 is 0 Å². The van der Waals surface area contributed by atoms with E-state index in [1.54, 1.807) is 6.07 Å². The van der Waals surface area contributed by atoms with E-state index in [4.69, 9.17) is 11.6 Å². The van der Waals surface area contributed by atoms with Crippen LogP contribution in [0.2, 0.25) is 0 Å². The Morgan fingerprint density at radius 1 is 1.41 bits per heavy atom. The van der Waals surface area contributed by atoms with Gasteiger partial charge in [0.05, 0.1) is 0 Å². The molecule has 0 unspecified atom stereocenters. The third-order valence-corrected chi connectivity index (χ3v) is 4.09. The van der Waals surface area contributed by atoms with E-state index in [-0.39, 0.29) is 5.82 Å².